The molecular formula is C10H22O2Si. The predicted molar refractivity (Wildman–Crippen MR) is 59.1 cm³/mol. The Kier molecular flexibility index (Phi) is 5.52. The second-order valence-electron chi connectivity index (χ2n) is 3.46. The fourth-order valence-corrected chi connectivity index (χ4v) is 5.27. The molecule has 78 valence electrons. The molecule has 0 aromatic rings. The van der Waals surface area contributed by atoms with Crippen molar-refractivity contribution in [3.63, 3.8) is 0 Å². The lowest BCUT2D eigenvalue weighted by Crippen LogP contribution is -2.47. The maximum Gasteiger partial charge on any atom is 0.347 e. The van der Waals surface area contributed by atoms with Gasteiger partial charge in [0.15, 0.2) is 0 Å². The summed E-state index contributed by atoms with van der Waals surface area (Å²) in [5.41, 5.74) is 0.827. The van der Waals surface area contributed by atoms with Crippen molar-refractivity contribution in [1.29, 1.82) is 0 Å². The zero-order valence-electron chi connectivity index (χ0n) is 9.46. The number of hydrogen-bond donors (Lipinski definition) is 0. The summed E-state index contributed by atoms with van der Waals surface area (Å²) in [7, 11) is 1.44. The molecule has 0 fully saturated rings. The molecule has 0 aliphatic rings. The van der Waals surface area contributed by atoms with Crippen LogP contribution in [0.25, 0.3) is 0 Å². The molecule has 0 radical (unpaired) electrons. The molecule has 0 rings (SSSR count). The monoisotopic (exact) mass is 202 g/mol. The van der Waals surface area contributed by atoms with Gasteiger partial charge in [-0.3, -0.25) is 0 Å². The molecule has 0 N–H and O–H groups in total. The summed E-state index contributed by atoms with van der Waals surface area (Å²) in [6, 6.07) is 0. The van der Waals surface area contributed by atoms with Crippen LogP contribution in [0, 0.1) is 0 Å². The molecular weight excluding hydrogens is 180 g/mol. The van der Waals surface area contributed by atoms with E-state index in [4.69, 9.17) is 8.85 Å². The maximum atomic E-state index is 5.64. The molecule has 2 unspecified atom stereocenters. The Morgan fingerprint density at radius 3 is 2.00 bits per heavy atom. The highest BCUT2D eigenvalue weighted by Crippen LogP contribution is 2.36. The van der Waals surface area contributed by atoms with Crippen LogP contribution in [0.15, 0.2) is 12.7 Å². The van der Waals surface area contributed by atoms with E-state index in [0.717, 1.165) is 6.42 Å². The summed E-state index contributed by atoms with van der Waals surface area (Å²) in [4.78, 5) is 0. The minimum Gasteiger partial charge on any atom is -0.397 e. The van der Waals surface area contributed by atoms with Gasteiger partial charge in [0.25, 0.3) is 0 Å². The van der Waals surface area contributed by atoms with Gasteiger partial charge in [-0.25, -0.2) is 0 Å². The Labute approximate surface area is 83.2 Å². The van der Waals surface area contributed by atoms with Crippen molar-refractivity contribution in [1.82, 2.24) is 0 Å². The van der Waals surface area contributed by atoms with Gasteiger partial charge in [0.05, 0.1) is 0 Å². The minimum absolute atomic E-state index is 0.331. The largest absolute Gasteiger partial charge is 0.397 e. The SMILES string of the molecule is C=CC(C)[Si](OC)(OC)C(C)CC. The molecule has 13 heavy (non-hydrogen) atoms. The highest BCUT2D eigenvalue weighted by molar-refractivity contribution is 6.70. The molecule has 3 heteroatoms. The van der Waals surface area contributed by atoms with Gasteiger partial charge in [-0.05, 0) is 0 Å². The topological polar surface area (TPSA) is 18.5 Å². The van der Waals surface area contributed by atoms with Crippen LogP contribution in [-0.2, 0) is 8.85 Å². The molecule has 0 amide bonds. The lowest BCUT2D eigenvalue weighted by Gasteiger charge is -2.36. The van der Waals surface area contributed by atoms with Crippen molar-refractivity contribution in [2.24, 2.45) is 0 Å². The molecule has 0 heterocycles. The van der Waals surface area contributed by atoms with Crippen molar-refractivity contribution < 1.29 is 8.85 Å². The van der Waals surface area contributed by atoms with Crippen molar-refractivity contribution in [3.05, 3.63) is 12.7 Å². The summed E-state index contributed by atoms with van der Waals surface area (Å²) in [6.45, 7) is 10.3. The van der Waals surface area contributed by atoms with Gasteiger partial charge >= 0.3 is 8.56 Å². The van der Waals surface area contributed by atoms with Crippen LogP contribution < -0.4 is 0 Å². The van der Waals surface area contributed by atoms with E-state index < -0.39 is 8.56 Å². The highest BCUT2D eigenvalue weighted by atomic mass is 28.4. The van der Waals surface area contributed by atoms with Crippen LogP contribution in [0.5, 0.6) is 0 Å². The number of hydrogen-bond acceptors (Lipinski definition) is 2. The summed E-state index contributed by atoms with van der Waals surface area (Å²) in [6.07, 6.45) is 3.03. The van der Waals surface area contributed by atoms with Crippen LogP contribution in [0.4, 0.5) is 0 Å². The fraction of sp³-hybridized carbons (Fsp3) is 0.800. The van der Waals surface area contributed by atoms with E-state index in [-0.39, 0.29) is 0 Å². The lowest BCUT2D eigenvalue weighted by molar-refractivity contribution is 0.223. The van der Waals surface area contributed by atoms with Gasteiger partial charge in [-0.15, -0.1) is 6.58 Å². The molecule has 0 aliphatic carbocycles. The number of allylic oxidation sites excluding steroid dienone is 1. The van der Waals surface area contributed by atoms with Crippen LogP contribution >= 0.6 is 0 Å². The van der Waals surface area contributed by atoms with Crippen LogP contribution in [0.3, 0.4) is 0 Å². The lowest BCUT2D eigenvalue weighted by atomic mass is 10.4. The van der Waals surface area contributed by atoms with E-state index in [1.54, 1.807) is 14.2 Å². The Morgan fingerprint density at radius 2 is 1.77 bits per heavy atom. The first kappa shape index (κ1) is 12.9. The quantitative estimate of drug-likeness (QED) is 0.487. The minimum atomic E-state index is -2.07. The Morgan fingerprint density at radius 1 is 1.31 bits per heavy atom. The molecule has 2 atom stereocenters. The molecule has 0 bridgehead atoms. The first-order valence-electron chi connectivity index (χ1n) is 4.81. The van der Waals surface area contributed by atoms with Crippen LogP contribution in [0.2, 0.25) is 11.1 Å². The summed E-state index contributed by atoms with van der Waals surface area (Å²) in [5, 5.41) is 0. The second-order valence-corrected chi connectivity index (χ2v) is 7.62. The van der Waals surface area contributed by atoms with Gasteiger partial charge in [0.2, 0.25) is 0 Å². The van der Waals surface area contributed by atoms with Crippen LogP contribution in [-0.4, -0.2) is 22.8 Å². The molecule has 0 aromatic heterocycles. The van der Waals surface area contributed by atoms with Crippen LogP contribution in [0.1, 0.15) is 27.2 Å². The maximum absolute atomic E-state index is 5.64. The van der Waals surface area contributed by atoms with E-state index in [0.29, 0.717) is 11.1 Å². The van der Waals surface area contributed by atoms with E-state index in [9.17, 15) is 0 Å². The highest BCUT2D eigenvalue weighted by Gasteiger charge is 2.45. The Balaban J connectivity index is 4.77. The summed E-state index contributed by atoms with van der Waals surface area (Å²) < 4.78 is 11.3. The average Bonchev–Trinajstić information content (AvgIpc) is 2.19. The van der Waals surface area contributed by atoms with Gasteiger partial charge < -0.3 is 8.85 Å². The first-order chi connectivity index (χ1) is 6.08. The average molecular weight is 202 g/mol. The standard InChI is InChI=1S/C10H22O2Si/c1-7-9(3)13(11-5,12-6)10(4)8-2/h7,9-10H,1,8H2,2-6H3. The zero-order valence-corrected chi connectivity index (χ0v) is 10.5. The molecule has 0 saturated carbocycles. The first-order valence-corrected chi connectivity index (χ1v) is 6.78. The second kappa shape index (κ2) is 5.57. The van der Waals surface area contributed by atoms with Crippen molar-refractivity contribution in [3.8, 4) is 0 Å². The van der Waals surface area contributed by atoms with E-state index >= 15 is 0 Å². The predicted octanol–water partition coefficient (Wildman–Crippen LogP) is 3.10. The third kappa shape index (κ3) is 2.42. The normalized spacial score (nSPS) is 16.7. The summed E-state index contributed by atoms with van der Waals surface area (Å²) in [5.74, 6) is 0. The van der Waals surface area contributed by atoms with Gasteiger partial charge in [-0.2, -0.15) is 0 Å². The third-order valence-electron chi connectivity index (χ3n) is 2.93. The smallest absolute Gasteiger partial charge is 0.347 e. The van der Waals surface area contributed by atoms with E-state index in [1.165, 1.54) is 0 Å². The van der Waals surface area contributed by atoms with Gasteiger partial charge in [0, 0.05) is 25.3 Å². The molecule has 0 saturated heterocycles. The number of rotatable bonds is 6. The molecule has 0 spiro atoms. The zero-order chi connectivity index (χ0) is 10.5. The van der Waals surface area contributed by atoms with Gasteiger partial charge in [0.1, 0.15) is 0 Å². The Bertz CT molecular complexity index is 155. The van der Waals surface area contributed by atoms with Crippen molar-refractivity contribution in [2.75, 3.05) is 14.2 Å². The van der Waals surface area contributed by atoms with E-state index in [1.807, 2.05) is 6.08 Å². The molecule has 0 aliphatic heterocycles. The van der Waals surface area contributed by atoms with Crippen molar-refractivity contribution >= 4 is 8.56 Å². The van der Waals surface area contributed by atoms with Crippen molar-refractivity contribution in [2.45, 2.75) is 38.3 Å². The summed E-state index contributed by atoms with van der Waals surface area (Å²) >= 11 is 0. The third-order valence-corrected chi connectivity index (χ3v) is 7.49. The van der Waals surface area contributed by atoms with Gasteiger partial charge in [-0.1, -0.05) is 33.3 Å². The van der Waals surface area contributed by atoms with E-state index in [2.05, 4.69) is 27.4 Å². The fourth-order valence-electron chi connectivity index (χ4n) is 1.76. The molecule has 2 nitrogen and oxygen atoms in total. The molecule has 0 aromatic carbocycles. The Hall–Kier alpha value is -0.123.